The first kappa shape index (κ1) is 74.6. The molecule has 21 nitrogen and oxygen atoms in total. The van der Waals surface area contributed by atoms with E-state index >= 15 is 0 Å². The summed E-state index contributed by atoms with van der Waals surface area (Å²) < 4.78 is 0. The standard InChI is InChI=1S/C20H30N4O6S.C20H36N4O3S.C16H32N2O2.B.H2S/c25-15(7-4-3-6-14-19-13(12-31-14)22-20(29)23-19)21-11-5-1-2-8-18(28)30-24-16(26)9-10-17(24)27;1-14(2)12-22-18(26)9-4-3-7-11-21-17(25)10-6-5-8-16-19-15(13-28-16)23-20(27)24-19;1-4-5-7-10-15(19)17-12-9-6-8-11-16(20)18-13-14(2)3;;/h13-14,19H,1-12H2,(H,21,25)(H2,22,23,29);14-16,19H,3-13H2,1-2H3,(H,21,25)(H,22,26)(H2,23,24,27);14H,4-13H2,1-3H3,(H,17,19)(H,18,20);;1H2. The van der Waals surface area contributed by atoms with Crippen LogP contribution in [0.15, 0.2) is 0 Å². The first-order chi connectivity index (χ1) is 37.9. The smallest absolute Gasteiger partial charge is 0.333 e. The van der Waals surface area contributed by atoms with E-state index in [9.17, 15) is 47.9 Å². The highest BCUT2D eigenvalue weighted by Gasteiger charge is 2.43. The monoisotopic (exact) mass is 1200 g/mol. The Morgan fingerprint density at radius 2 is 0.840 bits per heavy atom. The minimum absolute atomic E-state index is 0. The average molecular weight is 1200 g/mol. The number of fused-ring (bicyclic) bond motifs is 2. The van der Waals surface area contributed by atoms with Crippen molar-refractivity contribution in [3.8, 4) is 0 Å². The van der Waals surface area contributed by atoms with E-state index in [4.69, 9.17) is 4.84 Å². The molecule has 0 spiro atoms. The van der Waals surface area contributed by atoms with Gasteiger partial charge in [0.05, 0.1) is 24.2 Å². The number of thioether (sulfide) groups is 2. The van der Waals surface area contributed by atoms with Crippen molar-refractivity contribution in [1.82, 2.24) is 52.9 Å². The number of nitrogens with one attached hydrogen (secondary N) is 9. The number of unbranched alkanes of at least 4 members (excludes halogenated alkanes) is 10. The number of carbonyl (C=O) groups excluding carboxylic acids is 10. The fraction of sp³-hybridized carbons (Fsp3) is 0.821. The number of hydrogen-bond acceptors (Lipinski definition) is 13. The van der Waals surface area contributed by atoms with Crippen LogP contribution in [0.4, 0.5) is 9.59 Å². The Morgan fingerprint density at radius 1 is 0.494 bits per heavy atom. The Kier molecular flexibility index (Phi) is 40.7. The molecule has 6 atom stereocenters. The molecule has 461 valence electrons. The van der Waals surface area contributed by atoms with Gasteiger partial charge in [-0.25, -0.2) is 14.4 Å². The molecule has 5 aliphatic rings. The number of imide groups is 1. The molecule has 6 unspecified atom stereocenters. The lowest BCUT2D eigenvalue weighted by atomic mass is 10.0. The lowest BCUT2D eigenvalue weighted by Crippen LogP contribution is -2.36. The van der Waals surface area contributed by atoms with E-state index in [2.05, 4.69) is 82.5 Å². The van der Waals surface area contributed by atoms with Gasteiger partial charge >= 0.3 is 18.0 Å². The Balaban J connectivity index is 0.000000615. The number of amides is 11. The van der Waals surface area contributed by atoms with Crippen LogP contribution in [-0.2, 0) is 43.2 Å². The molecule has 11 amide bonds. The van der Waals surface area contributed by atoms with Gasteiger partial charge in [-0.05, 0) is 82.5 Å². The van der Waals surface area contributed by atoms with Crippen LogP contribution in [-0.4, -0.2) is 152 Å². The van der Waals surface area contributed by atoms with Gasteiger partial charge in [-0.2, -0.15) is 37.0 Å². The minimum atomic E-state index is -0.590. The molecule has 5 aliphatic heterocycles. The van der Waals surface area contributed by atoms with Crippen molar-refractivity contribution in [3.63, 3.8) is 0 Å². The van der Waals surface area contributed by atoms with Gasteiger partial charge in [0.25, 0.3) is 11.8 Å². The van der Waals surface area contributed by atoms with Crippen LogP contribution in [0.5, 0.6) is 0 Å². The van der Waals surface area contributed by atoms with E-state index < -0.39 is 17.8 Å². The lowest BCUT2D eigenvalue weighted by molar-refractivity contribution is -0.197. The van der Waals surface area contributed by atoms with Crippen LogP contribution in [0.3, 0.4) is 0 Å². The number of rotatable bonds is 37. The summed E-state index contributed by atoms with van der Waals surface area (Å²) in [5.74, 6) is 1.93. The Labute approximate surface area is 500 Å². The molecule has 3 radical (unpaired) electrons. The molecule has 9 N–H and O–H groups in total. The highest BCUT2D eigenvalue weighted by Crippen LogP contribution is 2.34. The SMILES string of the molecule is CC(C)CNC(=O)CCCCCNC(=O)CCCCC1SCC2NC(=O)NC21.CCCCCC(=O)NCCCCCC(=O)NCC(C)C.O=C(CCCCC1SCC2NC(=O)NC21)NCCCCCC(=O)ON1C(=O)CCC1=O.S.[B]. The van der Waals surface area contributed by atoms with E-state index in [-0.39, 0.29) is 107 Å². The van der Waals surface area contributed by atoms with Crippen LogP contribution in [0.1, 0.15) is 202 Å². The molecule has 0 bridgehead atoms. The Bertz CT molecular complexity index is 1910. The lowest BCUT2D eigenvalue weighted by Gasteiger charge is -2.16. The van der Waals surface area contributed by atoms with Crippen molar-refractivity contribution in [2.45, 2.75) is 236 Å². The molecule has 25 heteroatoms. The molecule has 0 saturated carbocycles. The summed E-state index contributed by atoms with van der Waals surface area (Å²) in [6.07, 6.45) is 19.7. The zero-order valence-electron chi connectivity index (χ0n) is 49.3. The summed E-state index contributed by atoms with van der Waals surface area (Å²) in [7, 11) is 0. The normalized spacial score (nSPS) is 20.1. The van der Waals surface area contributed by atoms with Gasteiger partial charge in [0, 0.05) is 115 Å². The van der Waals surface area contributed by atoms with Gasteiger partial charge in [0.1, 0.15) is 0 Å². The van der Waals surface area contributed by atoms with E-state index in [0.29, 0.717) is 79.0 Å². The first-order valence-corrected chi connectivity index (χ1v) is 31.8. The van der Waals surface area contributed by atoms with Crippen molar-refractivity contribution < 1.29 is 52.8 Å². The summed E-state index contributed by atoms with van der Waals surface area (Å²) >= 11 is 3.80. The number of hydroxylamine groups is 2. The number of carbonyl (C=O) groups is 10. The fourth-order valence-electron chi connectivity index (χ4n) is 9.40. The third kappa shape index (κ3) is 33.5. The van der Waals surface area contributed by atoms with E-state index in [1.54, 1.807) is 0 Å². The molecule has 0 aromatic carbocycles. The largest absolute Gasteiger partial charge is 0.356 e. The van der Waals surface area contributed by atoms with Gasteiger partial charge < -0.3 is 52.7 Å². The van der Waals surface area contributed by atoms with E-state index in [1.807, 2.05) is 23.5 Å². The van der Waals surface area contributed by atoms with Crippen molar-refractivity contribution in [3.05, 3.63) is 0 Å². The molecule has 5 heterocycles. The van der Waals surface area contributed by atoms with Crippen LogP contribution in [0.2, 0.25) is 0 Å². The highest BCUT2D eigenvalue weighted by molar-refractivity contribution is 8.00. The predicted molar refractivity (Wildman–Crippen MR) is 325 cm³/mol. The summed E-state index contributed by atoms with van der Waals surface area (Å²) in [5, 5.41) is 27.9. The molecular formula is C56H100BN10O11S3. The summed E-state index contributed by atoms with van der Waals surface area (Å²) in [6, 6.07) is 0.841. The van der Waals surface area contributed by atoms with Crippen LogP contribution >= 0.6 is 37.0 Å². The quantitative estimate of drug-likeness (QED) is 0.0152. The molecule has 81 heavy (non-hydrogen) atoms. The number of hydrogen-bond donors (Lipinski definition) is 9. The van der Waals surface area contributed by atoms with Gasteiger partial charge in [-0.1, -0.05) is 79.6 Å². The fourth-order valence-corrected chi connectivity index (χ4v) is 12.5. The van der Waals surface area contributed by atoms with Crippen LogP contribution in [0, 0.1) is 11.8 Å². The molecule has 0 aromatic heterocycles. The van der Waals surface area contributed by atoms with Gasteiger partial charge in [-0.15, -0.1) is 5.06 Å². The van der Waals surface area contributed by atoms with E-state index in [1.165, 1.54) is 0 Å². The summed E-state index contributed by atoms with van der Waals surface area (Å²) in [4.78, 5) is 120. The molecular weight excluding hydrogens is 1100 g/mol. The Morgan fingerprint density at radius 3 is 1.21 bits per heavy atom. The number of urea groups is 2. The van der Waals surface area contributed by atoms with Crippen LogP contribution in [0.25, 0.3) is 0 Å². The number of nitrogens with zero attached hydrogens (tertiary/aromatic N) is 1. The Hall–Kier alpha value is -4.39. The molecule has 0 aromatic rings. The average Bonchev–Trinajstić information content (AvgIpc) is 4.25. The third-order valence-corrected chi connectivity index (χ3v) is 17.0. The molecule has 5 fully saturated rings. The summed E-state index contributed by atoms with van der Waals surface area (Å²) in [5.41, 5.74) is 0. The van der Waals surface area contributed by atoms with Gasteiger partial charge in [0.2, 0.25) is 29.5 Å². The maximum atomic E-state index is 11.9. The zero-order valence-corrected chi connectivity index (χ0v) is 51.9. The third-order valence-electron chi connectivity index (χ3n) is 14.0. The van der Waals surface area contributed by atoms with Gasteiger partial charge in [-0.3, -0.25) is 33.6 Å². The maximum Gasteiger partial charge on any atom is 0.333 e. The predicted octanol–water partition coefficient (Wildman–Crippen LogP) is 5.90. The first-order valence-electron chi connectivity index (χ1n) is 29.7. The molecule has 5 saturated heterocycles. The van der Waals surface area contributed by atoms with Crippen molar-refractivity contribution in [1.29, 1.82) is 0 Å². The topological polar surface area (TPSA) is 291 Å². The van der Waals surface area contributed by atoms with Gasteiger partial charge in [0.15, 0.2) is 0 Å². The second-order valence-corrected chi connectivity index (χ2v) is 24.7. The van der Waals surface area contributed by atoms with Crippen molar-refractivity contribution >= 4 is 105 Å². The zero-order chi connectivity index (χ0) is 57.8. The minimum Gasteiger partial charge on any atom is -0.356 e. The van der Waals surface area contributed by atoms with Crippen molar-refractivity contribution in [2.75, 3.05) is 44.2 Å². The van der Waals surface area contributed by atoms with Crippen LogP contribution < -0.4 is 47.9 Å². The highest BCUT2D eigenvalue weighted by atomic mass is 32.2. The summed E-state index contributed by atoms with van der Waals surface area (Å²) in [6.45, 7) is 13.9. The van der Waals surface area contributed by atoms with E-state index in [0.717, 1.165) is 140 Å². The maximum absolute atomic E-state index is 11.9. The second kappa shape index (κ2) is 44.2. The molecule has 0 aliphatic carbocycles. The molecule has 5 rings (SSSR count). The second-order valence-electron chi connectivity index (χ2n) is 22.1. The van der Waals surface area contributed by atoms with Crippen molar-refractivity contribution in [2.24, 2.45) is 11.8 Å².